The fraction of sp³-hybridized carbons (Fsp3) is 0.250. The predicted octanol–water partition coefficient (Wildman–Crippen LogP) is 3.06. The number of aromatic nitrogens is 1. The van der Waals surface area contributed by atoms with Gasteiger partial charge in [0.15, 0.2) is 17.5 Å². The fourth-order valence-corrected chi connectivity index (χ4v) is 1.79. The van der Waals surface area contributed by atoms with Gasteiger partial charge in [0.1, 0.15) is 5.82 Å². The first-order valence-corrected chi connectivity index (χ1v) is 5.40. The lowest BCUT2D eigenvalue weighted by molar-refractivity contribution is 0.453. The summed E-state index contributed by atoms with van der Waals surface area (Å²) in [6.45, 7) is 3.73. The van der Waals surface area contributed by atoms with Gasteiger partial charge in [0, 0.05) is 11.5 Å². The van der Waals surface area contributed by atoms with Crippen molar-refractivity contribution >= 4 is 16.7 Å². The lowest BCUT2D eigenvalue weighted by atomic mass is 10.0. The Morgan fingerprint density at radius 2 is 1.83 bits per heavy atom. The van der Waals surface area contributed by atoms with Crippen LogP contribution in [0.15, 0.2) is 12.1 Å². The Morgan fingerprint density at radius 1 is 1.17 bits per heavy atom. The van der Waals surface area contributed by atoms with Crippen molar-refractivity contribution in [2.45, 2.75) is 19.8 Å². The molecule has 0 aliphatic heterocycles. The van der Waals surface area contributed by atoms with Crippen LogP contribution in [0.3, 0.4) is 0 Å². The van der Waals surface area contributed by atoms with E-state index in [4.69, 9.17) is 5.84 Å². The molecule has 0 saturated carbocycles. The first-order chi connectivity index (χ1) is 8.45. The third-order valence-electron chi connectivity index (χ3n) is 2.74. The molecule has 3 nitrogen and oxygen atoms in total. The van der Waals surface area contributed by atoms with Crippen molar-refractivity contribution in [1.29, 1.82) is 0 Å². The number of hydrazine groups is 1. The molecule has 0 bridgehead atoms. The molecule has 18 heavy (non-hydrogen) atoms. The number of fused-ring (bicyclic) bond motifs is 1. The number of nitrogens with one attached hydrogen (secondary N) is 1. The van der Waals surface area contributed by atoms with Crippen molar-refractivity contribution < 1.29 is 13.2 Å². The van der Waals surface area contributed by atoms with Gasteiger partial charge in [-0.2, -0.15) is 0 Å². The molecule has 1 aromatic carbocycles. The van der Waals surface area contributed by atoms with Crippen LogP contribution in [0.5, 0.6) is 0 Å². The normalized spacial score (nSPS) is 11.3. The van der Waals surface area contributed by atoms with Crippen LogP contribution in [0.4, 0.5) is 19.0 Å². The van der Waals surface area contributed by atoms with Gasteiger partial charge < -0.3 is 5.43 Å². The highest BCUT2D eigenvalue weighted by Crippen LogP contribution is 2.29. The molecular formula is C12H12F3N3. The quantitative estimate of drug-likeness (QED) is 0.492. The summed E-state index contributed by atoms with van der Waals surface area (Å²) >= 11 is 0. The summed E-state index contributed by atoms with van der Waals surface area (Å²) in [5.41, 5.74) is 3.02. The van der Waals surface area contributed by atoms with Gasteiger partial charge in [-0.15, -0.1) is 0 Å². The van der Waals surface area contributed by atoms with E-state index in [0.29, 0.717) is 11.4 Å². The summed E-state index contributed by atoms with van der Waals surface area (Å²) in [7, 11) is 0. The van der Waals surface area contributed by atoms with E-state index in [-0.39, 0.29) is 16.8 Å². The number of pyridine rings is 1. The number of nitrogen functional groups attached to an aromatic ring is 1. The van der Waals surface area contributed by atoms with Gasteiger partial charge in [0.2, 0.25) is 0 Å². The zero-order valence-corrected chi connectivity index (χ0v) is 9.89. The van der Waals surface area contributed by atoms with Crippen molar-refractivity contribution in [3.63, 3.8) is 0 Å². The van der Waals surface area contributed by atoms with Gasteiger partial charge in [-0.25, -0.2) is 24.0 Å². The number of benzene rings is 1. The summed E-state index contributed by atoms with van der Waals surface area (Å²) in [6, 6.07) is 2.28. The van der Waals surface area contributed by atoms with Crippen molar-refractivity contribution in [1.82, 2.24) is 4.98 Å². The molecule has 2 rings (SSSR count). The molecule has 0 radical (unpaired) electrons. The second-order valence-corrected chi connectivity index (χ2v) is 4.28. The summed E-state index contributed by atoms with van der Waals surface area (Å²) in [5, 5.41) is -0.0587. The maximum Gasteiger partial charge on any atom is 0.195 e. The molecule has 3 N–H and O–H groups in total. The van der Waals surface area contributed by atoms with Crippen LogP contribution in [0.25, 0.3) is 10.9 Å². The summed E-state index contributed by atoms with van der Waals surface area (Å²) in [4.78, 5) is 3.99. The van der Waals surface area contributed by atoms with E-state index in [2.05, 4.69) is 10.4 Å². The number of nitrogens with two attached hydrogens (primary N) is 1. The van der Waals surface area contributed by atoms with Gasteiger partial charge >= 0.3 is 0 Å². The molecule has 6 heteroatoms. The summed E-state index contributed by atoms with van der Waals surface area (Å²) < 4.78 is 39.9. The van der Waals surface area contributed by atoms with E-state index in [0.717, 1.165) is 6.07 Å². The van der Waals surface area contributed by atoms with Gasteiger partial charge in [0.25, 0.3) is 0 Å². The second kappa shape index (κ2) is 4.45. The Kier molecular flexibility index (Phi) is 3.13. The zero-order chi connectivity index (χ0) is 13.4. The van der Waals surface area contributed by atoms with Crippen molar-refractivity contribution in [2.24, 2.45) is 5.84 Å². The molecule has 0 aliphatic carbocycles. The molecule has 1 heterocycles. The molecular weight excluding hydrogens is 243 g/mol. The monoisotopic (exact) mass is 255 g/mol. The van der Waals surface area contributed by atoms with Crippen LogP contribution in [0, 0.1) is 17.5 Å². The number of halogens is 3. The highest BCUT2D eigenvalue weighted by molar-refractivity contribution is 5.82. The molecule has 0 spiro atoms. The largest absolute Gasteiger partial charge is 0.308 e. The second-order valence-electron chi connectivity index (χ2n) is 4.28. The maximum absolute atomic E-state index is 13.6. The minimum atomic E-state index is -1.49. The van der Waals surface area contributed by atoms with Crippen LogP contribution in [-0.4, -0.2) is 4.98 Å². The van der Waals surface area contributed by atoms with E-state index < -0.39 is 17.5 Å². The summed E-state index contributed by atoms with van der Waals surface area (Å²) in [5.74, 6) is 1.65. The first-order valence-electron chi connectivity index (χ1n) is 5.40. The van der Waals surface area contributed by atoms with E-state index in [9.17, 15) is 13.2 Å². The Morgan fingerprint density at radius 3 is 2.39 bits per heavy atom. The Bertz CT molecular complexity index is 611. The minimum absolute atomic E-state index is 0.0143. The van der Waals surface area contributed by atoms with Crippen molar-refractivity contribution in [3.05, 3.63) is 35.1 Å². The first kappa shape index (κ1) is 12.6. The number of nitrogens with zero attached hydrogens (tertiary/aromatic N) is 1. The molecule has 96 valence electrons. The highest BCUT2D eigenvalue weighted by atomic mass is 19.2. The van der Waals surface area contributed by atoms with Crippen LogP contribution in [-0.2, 0) is 0 Å². The third kappa shape index (κ3) is 1.88. The summed E-state index contributed by atoms with van der Waals surface area (Å²) in [6.07, 6.45) is 0. The zero-order valence-electron chi connectivity index (χ0n) is 9.89. The van der Waals surface area contributed by atoms with Gasteiger partial charge in [-0.05, 0) is 17.5 Å². The Balaban J connectivity index is 2.84. The lowest BCUT2D eigenvalue weighted by Crippen LogP contribution is -2.12. The number of hydrogen-bond donors (Lipinski definition) is 2. The van der Waals surface area contributed by atoms with Gasteiger partial charge in [0.05, 0.1) is 5.52 Å². The molecule has 0 atom stereocenters. The fourth-order valence-electron chi connectivity index (χ4n) is 1.79. The molecule has 1 aromatic heterocycles. The molecule has 0 fully saturated rings. The molecule has 2 aromatic rings. The number of rotatable bonds is 2. The van der Waals surface area contributed by atoms with Crippen LogP contribution >= 0.6 is 0 Å². The number of anilines is 1. The topological polar surface area (TPSA) is 50.9 Å². The molecule has 0 unspecified atom stereocenters. The molecule has 0 saturated heterocycles. The lowest BCUT2D eigenvalue weighted by Gasteiger charge is -2.13. The highest BCUT2D eigenvalue weighted by Gasteiger charge is 2.17. The average molecular weight is 255 g/mol. The van der Waals surface area contributed by atoms with Crippen molar-refractivity contribution in [2.75, 3.05) is 5.43 Å². The SMILES string of the molecule is CC(C)c1cc2c(F)c(F)c(F)cc2nc1NN. The maximum atomic E-state index is 13.6. The van der Waals surface area contributed by atoms with Crippen LogP contribution in [0.1, 0.15) is 25.3 Å². The van der Waals surface area contributed by atoms with E-state index >= 15 is 0 Å². The third-order valence-corrected chi connectivity index (χ3v) is 2.74. The van der Waals surface area contributed by atoms with Crippen LogP contribution < -0.4 is 11.3 Å². The Hall–Kier alpha value is -1.82. The average Bonchev–Trinajstić information content (AvgIpc) is 2.34. The molecule has 0 amide bonds. The number of hydrogen-bond acceptors (Lipinski definition) is 3. The van der Waals surface area contributed by atoms with Crippen molar-refractivity contribution in [3.8, 4) is 0 Å². The minimum Gasteiger partial charge on any atom is -0.308 e. The van der Waals surface area contributed by atoms with Gasteiger partial charge in [-0.3, -0.25) is 0 Å². The predicted molar refractivity (Wildman–Crippen MR) is 63.5 cm³/mol. The van der Waals surface area contributed by atoms with Gasteiger partial charge in [-0.1, -0.05) is 13.8 Å². The Labute approximate surface area is 102 Å². The smallest absolute Gasteiger partial charge is 0.195 e. The van der Waals surface area contributed by atoms with E-state index in [1.807, 2.05) is 13.8 Å². The van der Waals surface area contributed by atoms with E-state index in [1.165, 1.54) is 6.07 Å². The molecule has 0 aliphatic rings. The standard InChI is InChI=1S/C12H12F3N3/c1-5(2)6-3-7-9(17-12(6)18-16)4-8(13)11(15)10(7)14/h3-5H,16H2,1-2H3,(H,17,18). The van der Waals surface area contributed by atoms with Crippen LogP contribution in [0.2, 0.25) is 0 Å². The van der Waals surface area contributed by atoms with E-state index in [1.54, 1.807) is 0 Å².